The summed E-state index contributed by atoms with van der Waals surface area (Å²) in [5.41, 5.74) is 1.36. The molecule has 3 heteroatoms. The lowest BCUT2D eigenvalue weighted by Gasteiger charge is -2.00. The lowest BCUT2D eigenvalue weighted by atomic mass is 10.1. The Morgan fingerprint density at radius 1 is 1.08 bits per heavy atom. The fraction of sp³-hybridized carbons (Fsp3) is 0.333. The van der Waals surface area contributed by atoms with Crippen LogP contribution >= 0.6 is 29.1 Å². The maximum atomic E-state index is 5.67. The number of aryl methyl sites for hydroxylation is 1. The summed E-state index contributed by atoms with van der Waals surface area (Å²) >= 11 is 11.3. The summed E-state index contributed by atoms with van der Waals surface area (Å²) in [4.78, 5) is 0. The van der Waals surface area contributed by atoms with E-state index in [0.29, 0.717) is 0 Å². The van der Waals surface area contributed by atoms with Crippen molar-refractivity contribution in [2.24, 2.45) is 0 Å². The Balaban J connectivity index is 2.25. The summed E-state index contributed by atoms with van der Waals surface area (Å²) in [5, 5.41) is 0. The second-order valence-corrected chi connectivity index (χ2v) is 6.64. The fourth-order valence-corrected chi connectivity index (χ4v) is 2.16. The van der Waals surface area contributed by atoms with Crippen LogP contribution in [0.4, 0.5) is 0 Å². The van der Waals surface area contributed by atoms with Gasteiger partial charge in [-0.15, -0.1) is 0 Å². The molecule has 0 N–H and O–H groups in total. The van der Waals surface area contributed by atoms with Crippen LogP contribution in [0.1, 0.15) is 12.0 Å². The molecule has 0 atom stereocenters. The Morgan fingerprint density at radius 2 is 1.75 bits per heavy atom. The predicted octanol–water partition coefficient (Wildman–Crippen LogP) is 4.41. The van der Waals surface area contributed by atoms with Gasteiger partial charge in [-0.25, -0.2) is 0 Å². The predicted molar refractivity (Wildman–Crippen MR) is 58.3 cm³/mol. The smallest absolute Gasteiger partial charge is 0.0781 e. The van der Waals surface area contributed by atoms with Crippen molar-refractivity contribution < 1.29 is 0 Å². The van der Waals surface area contributed by atoms with E-state index in [-0.39, 0.29) is 0 Å². The van der Waals surface area contributed by atoms with Gasteiger partial charge in [0, 0.05) is 0 Å². The maximum absolute atomic E-state index is 5.67. The van der Waals surface area contributed by atoms with Crippen LogP contribution in [-0.4, -0.2) is 6.16 Å². The molecule has 0 unspecified atom stereocenters. The third-order valence-electron chi connectivity index (χ3n) is 1.64. The number of rotatable bonds is 4. The molecule has 1 aromatic carbocycles. The zero-order valence-electron chi connectivity index (χ0n) is 6.71. The van der Waals surface area contributed by atoms with Crippen LogP contribution in [0.2, 0.25) is 0 Å². The molecule has 0 nitrogen and oxygen atoms in total. The van der Waals surface area contributed by atoms with Gasteiger partial charge in [-0.2, -0.15) is 0 Å². The molecule has 0 heterocycles. The highest BCUT2D eigenvalue weighted by atomic mass is 35.9. The summed E-state index contributed by atoms with van der Waals surface area (Å²) in [5.74, 6) is 0. The third-order valence-corrected chi connectivity index (χ3v) is 3.30. The number of benzene rings is 1. The summed E-state index contributed by atoms with van der Waals surface area (Å²) in [6.07, 6.45) is 3.11. The van der Waals surface area contributed by atoms with Gasteiger partial charge in [0.1, 0.15) is 0 Å². The lowest BCUT2D eigenvalue weighted by Crippen LogP contribution is -1.85. The average Bonchev–Trinajstić information content (AvgIpc) is 2.05. The van der Waals surface area contributed by atoms with Crippen LogP contribution in [0, 0.1) is 0 Å². The second-order valence-electron chi connectivity index (χ2n) is 2.62. The quantitative estimate of drug-likeness (QED) is 0.660. The Labute approximate surface area is 84.2 Å². The van der Waals surface area contributed by atoms with E-state index in [1.165, 1.54) is 5.56 Å². The van der Waals surface area contributed by atoms with Crippen LogP contribution in [0.3, 0.4) is 0 Å². The van der Waals surface area contributed by atoms with E-state index in [1.807, 2.05) is 6.07 Å². The van der Waals surface area contributed by atoms with Crippen molar-refractivity contribution in [1.29, 1.82) is 0 Å². The van der Waals surface area contributed by atoms with Crippen molar-refractivity contribution in [1.82, 2.24) is 0 Å². The van der Waals surface area contributed by atoms with Gasteiger partial charge in [0.2, 0.25) is 0 Å². The molecule has 0 aliphatic heterocycles. The maximum Gasteiger partial charge on any atom is 0.0854 e. The van der Waals surface area contributed by atoms with E-state index < -0.39 is 6.63 Å². The molecule has 0 fully saturated rings. The van der Waals surface area contributed by atoms with E-state index in [2.05, 4.69) is 24.3 Å². The van der Waals surface area contributed by atoms with Crippen molar-refractivity contribution >= 4 is 29.1 Å². The topological polar surface area (TPSA) is 0 Å². The van der Waals surface area contributed by atoms with Gasteiger partial charge in [-0.05, 0) is 24.6 Å². The normalized spacial score (nSPS) is 10.6. The Kier molecular flexibility index (Phi) is 4.99. The molecule has 0 radical (unpaired) electrons. The van der Waals surface area contributed by atoms with Crippen molar-refractivity contribution in [3.63, 3.8) is 0 Å². The molecular weight excluding hydrogens is 210 g/mol. The molecule has 0 spiro atoms. The number of hydrogen-bond donors (Lipinski definition) is 0. The van der Waals surface area contributed by atoms with E-state index in [4.69, 9.17) is 22.5 Å². The minimum Gasteiger partial charge on any atom is -0.0781 e. The summed E-state index contributed by atoms with van der Waals surface area (Å²) in [7, 11) is 0. The highest BCUT2D eigenvalue weighted by Gasteiger charge is 1.98. The Bertz CT molecular complexity index is 211. The number of hydrogen-bond acceptors (Lipinski definition) is 0. The zero-order valence-corrected chi connectivity index (χ0v) is 9.12. The first-order valence-electron chi connectivity index (χ1n) is 3.92. The first kappa shape index (κ1) is 10.3. The van der Waals surface area contributed by atoms with Crippen LogP contribution < -0.4 is 0 Å². The monoisotopic (exact) mass is 220 g/mol. The van der Waals surface area contributed by atoms with Gasteiger partial charge in [-0.3, -0.25) is 0 Å². The molecule has 12 heavy (non-hydrogen) atoms. The number of halogens is 2. The zero-order chi connectivity index (χ0) is 8.81. The van der Waals surface area contributed by atoms with E-state index in [0.717, 1.165) is 19.0 Å². The fourth-order valence-electron chi connectivity index (χ4n) is 1.05. The molecule has 0 aromatic heterocycles. The van der Waals surface area contributed by atoms with Gasteiger partial charge in [0.25, 0.3) is 0 Å². The molecule has 0 aliphatic carbocycles. The van der Waals surface area contributed by atoms with Crippen molar-refractivity contribution in [2.45, 2.75) is 12.8 Å². The van der Waals surface area contributed by atoms with E-state index >= 15 is 0 Å². The van der Waals surface area contributed by atoms with Crippen molar-refractivity contribution in [2.75, 3.05) is 6.16 Å². The molecule has 1 rings (SSSR count). The van der Waals surface area contributed by atoms with Gasteiger partial charge in [0.05, 0.1) is 6.63 Å². The summed E-state index contributed by atoms with van der Waals surface area (Å²) in [6, 6.07) is 10.4. The van der Waals surface area contributed by atoms with Crippen LogP contribution in [0.15, 0.2) is 30.3 Å². The third kappa shape index (κ3) is 4.30. The minimum atomic E-state index is -0.752. The van der Waals surface area contributed by atoms with Gasteiger partial charge in [-0.1, -0.05) is 52.8 Å². The minimum absolute atomic E-state index is 0.752. The van der Waals surface area contributed by atoms with Gasteiger partial charge < -0.3 is 0 Å². The highest BCUT2D eigenvalue weighted by molar-refractivity contribution is 8.03. The van der Waals surface area contributed by atoms with Crippen LogP contribution in [0.25, 0.3) is 0 Å². The van der Waals surface area contributed by atoms with E-state index in [9.17, 15) is 0 Å². The average molecular weight is 221 g/mol. The van der Waals surface area contributed by atoms with E-state index in [1.54, 1.807) is 0 Å². The van der Waals surface area contributed by atoms with Crippen LogP contribution in [-0.2, 0) is 6.42 Å². The molecule has 0 saturated carbocycles. The standard InChI is InChI=1S/C9H11Cl2P/c10-12(11)8-4-7-9-5-2-1-3-6-9/h1-3,5-6H,4,7-8H2. The first-order valence-corrected chi connectivity index (χ1v) is 7.26. The summed E-state index contributed by atoms with van der Waals surface area (Å²) in [6.45, 7) is -0.752. The molecular formula is C9H11Cl2P. The van der Waals surface area contributed by atoms with Crippen molar-refractivity contribution in [3.8, 4) is 0 Å². The first-order chi connectivity index (χ1) is 5.79. The van der Waals surface area contributed by atoms with Crippen molar-refractivity contribution in [3.05, 3.63) is 35.9 Å². The summed E-state index contributed by atoms with van der Waals surface area (Å²) < 4.78 is 0. The van der Waals surface area contributed by atoms with Gasteiger partial charge in [0.15, 0.2) is 0 Å². The second kappa shape index (κ2) is 5.80. The Morgan fingerprint density at radius 3 is 2.33 bits per heavy atom. The molecule has 0 aliphatic rings. The molecule has 0 amide bonds. The van der Waals surface area contributed by atoms with Crippen LogP contribution in [0.5, 0.6) is 0 Å². The molecule has 1 aromatic rings. The highest BCUT2D eigenvalue weighted by Crippen LogP contribution is 2.47. The molecule has 0 bridgehead atoms. The van der Waals surface area contributed by atoms with Gasteiger partial charge >= 0.3 is 0 Å². The molecule has 66 valence electrons. The molecule has 0 saturated heterocycles. The Hall–Kier alpha value is 0.230. The largest absolute Gasteiger partial charge is 0.0854 e. The SMILES string of the molecule is ClP(Cl)CCCc1ccccc1. The lowest BCUT2D eigenvalue weighted by molar-refractivity contribution is 0.932.